The minimum atomic E-state index is -0.437. The van der Waals surface area contributed by atoms with Gasteiger partial charge in [-0.1, -0.05) is 36.4 Å². The minimum absolute atomic E-state index is 0.0641. The van der Waals surface area contributed by atoms with Crippen molar-refractivity contribution in [3.63, 3.8) is 0 Å². The number of benzene rings is 1. The van der Waals surface area contributed by atoms with Crippen molar-refractivity contribution >= 4 is 5.97 Å². The van der Waals surface area contributed by atoms with Gasteiger partial charge in [0.05, 0.1) is 20.3 Å². The highest BCUT2D eigenvalue weighted by atomic mass is 16.5. The molecule has 0 heterocycles. The number of ether oxygens (including phenoxy) is 2. The van der Waals surface area contributed by atoms with Crippen molar-refractivity contribution in [2.75, 3.05) is 13.7 Å². The lowest BCUT2D eigenvalue weighted by Crippen LogP contribution is -2.02. The summed E-state index contributed by atoms with van der Waals surface area (Å²) in [6, 6.07) is 9.89. The molecule has 3 nitrogen and oxygen atoms in total. The smallest absolute Gasteiger partial charge is 0.333 e. The Kier molecular flexibility index (Phi) is 5.32. The van der Waals surface area contributed by atoms with E-state index in [1.807, 2.05) is 30.3 Å². The van der Waals surface area contributed by atoms with E-state index in [0.717, 1.165) is 5.56 Å². The van der Waals surface area contributed by atoms with Gasteiger partial charge in [0, 0.05) is 6.94 Å². The first-order valence-corrected chi connectivity index (χ1v) is 5.46. The van der Waals surface area contributed by atoms with Crippen molar-refractivity contribution in [2.45, 2.75) is 19.9 Å². The zero-order valence-corrected chi connectivity index (χ0v) is 10.0. The summed E-state index contributed by atoms with van der Waals surface area (Å²) in [4.78, 5) is 11.2. The highest BCUT2D eigenvalue weighted by Crippen LogP contribution is 2.02. The molecule has 92 valence electrons. The quantitative estimate of drug-likeness (QED) is 0.432. The van der Waals surface area contributed by atoms with Crippen LogP contribution in [0, 0.1) is 0 Å². The Morgan fingerprint density at radius 2 is 2.18 bits per heavy atom. The Labute approximate surface area is 103 Å². The van der Waals surface area contributed by atoms with Gasteiger partial charge in [0.2, 0.25) is 0 Å². The number of hydrogen-bond acceptors (Lipinski definition) is 3. The molecule has 1 aromatic rings. The summed E-state index contributed by atoms with van der Waals surface area (Å²) in [6.45, 7) is 1.02. The van der Waals surface area contributed by atoms with Crippen molar-refractivity contribution in [3.05, 3.63) is 47.5 Å². The predicted octanol–water partition coefficient (Wildman–Crippen LogP) is 2.71. The van der Waals surface area contributed by atoms with Gasteiger partial charge in [0.15, 0.2) is 0 Å². The van der Waals surface area contributed by atoms with Crippen LogP contribution in [0.4, 0.5) is 0 Å². The summed E-state index contributed by atoms with van der Waals surface area (Å²) in [5.74, 6) is -0.437. The lowest BCUT2D eigenvalue weighted by Gasteiger charge is -2.03. The Morgan fingerprint density at radius 3 is 2.82 bits per heavy atom. The molecule has 1 rings (SSSR count). The summed E-state index contributed by atoms with van der Waals surface area (Å²) in [5, 5.41) is 0. The number of esters is 1. The average Bonchev–Trinajstić information content (AvgIpc) is 2.43. The monoisotopic (exact) mass is 235 g/mol. The van der Waals surface area contributed by atoms with Crippen LogP contribution in [0.1, 0.15) is 20.3 Å². The van der Waals surface area contributed by atoms with E-state index in [1.54, 1.807) is 6.08 Å². The second-order valence-electron chi connectivity index (χ2n) is 3.55. The standard InChI is InChI=1S/C14H18O3/c1-12(14(15)16-2)7-6-10-17-11-13-8-4-3-5-9-13/h3-5,7-9H,6,10-11H2,1-2H3/b12-7+/i1D. The summed E-state index contributed by atoms with van der Waals surface area (Å²) in [5.41, 5.74) is 1.50. The lowest BCUT2D eigenvalue weighted by molar-refractivity contribution is -0.136. The molecular weight excluding hydrogens is 216 g/mol. The van der Waals surface area contributed by atoms with Gasteiger partial charge in [0.25, 0.3) is 0 Å². The number of rotatable bonds is 6. The van der Waals surface area contributed by atoms with Gasteiger partial charge in [-0.15, -0.1) is 0 Å². The number of hydrogen-bond donors (Lipinski definition) is 0. The van der Waals surface area contributed by atoms with Crippen LogP contribution in [-0.4, -0.2) is 19.7 Å². The highest BCUT2D eigenvalue weighted by molar-refractivity contribution is 5.87. The average molecular weight is 235 g/mol. The third-order valence-electron chi connectivity index (χ3n) is 2.21. The maximum Gasteiger partial charge on any atom is 0.333 e. The minimum Gasteiger partial charge on any atom is -0.466 e. The van der Waals surface area contributed by atoms with Crippen molar-refractivity contribution in [3.8, 4) is 0 Å². The molecule has 0 radical (unpaired) electrons. The molecular formula is C14H18O3. The fraction of sp³-hybridized carbons (Fsp3) is 0.357. The molecule has 0 bridgehead atoms. The van der Waals surface area contributed by atoms with E-state index in [-0.39, 0.29) is 6.90 Å². The van der Waals surface area contributed by atoms with Gasteiger partial charge < -0.3 is 9.47 Å². The first kappa shape index (κ1) is 11.9. The molecule has 0 aliphatic carbocycles. The van der Waals surface area contributed by atoms with Gasteiger partial charge in [0.1, 0.15) is 0 Å². The molecule has 0 aliphatic rings. The van der Waals surface area contributed by atoms with Crippen molar-refractivity contribution < 1.29 is 15.6 Å². The van der Waals surface area contributed by atoms with E-state index < -0.39 is 5.97 Å². The SMILES string of the molecule is [2H]C/C(=C\CCOCc1ccccc1)C(=O)OC. The summed E-state index contributed by atoms with van der Waals surface area (Å²) < 4.78 is 17.2. The number of carbonyl (C=O) groups excluding carboxylic acids is 1. The van der Waals surface area contributed by atoms with Crippen LogP contribution in [0.3, 0.4) is 0 Å². The van der Waals surface area contributed by atoms with Crippen LogP contribution in [0.5, 0.6) is 0 Å². The van der Waals surface area contributed by atoms with Crippen LogP contribution in [0.25, 0.3) is 0 Å². The third-order valence-corrected chi connectivity index (χ3v) is 2.21. The van der Waals surface area contributed by atoms with Crippen LogP contribution in [0.15, 0.2) is 42.0 Å². The van der Waals surface area contributed by atoms with Gasteiger partial charge in [-0.25, -0.2) is 4.79 Å². The van der Waals surface area contributed by atoms with E-state index >= 15 is 0 Å². The molecule has 17 heavy (non-hydrogen) atoms. The molecule has 0 unspecified atom stereocenters. The molecule has 0 amide bonds. The highest BCUT2D eigenvalue weighted by Gasteiger charge is 2.01. The molecule has 0 saturated carbocycles. The summed E-state index contributed by atoms with van der Waals surface area (Å²) in [7, 11) is 1.32. The molecule has 0 N–H and O–H groups in total. The molecule has 1 aromatic carbocycles. The van der Waals surface area contributed by atoms with E-state index in [2.05, 4.69) is 4.74 Å². The van der Waals surface area contributed by atoms with E-state index in [1.165, 1.54) is 7.11 Å². The second kappa shape index (κ2) is 7.63. The van der Waals surface area contributed by atoms with Gasteiger partial charge in [-0.05, 0) is 18.9 Å². The Bertz CT molecular complexity index is 387. The second-order valence-corrected chi connectivity index (χ2v) is 3.55. The van der Waals surface area contributed by atoms with Crippen LogP contribution in [-0.2, 0) is 20.9 Å². The van der Waals surface area contributed by atoms with Crippen LogP contribution < -0.4 is 0 Å². The van der Waals surface area contributed by atoms with Gasteiger partial charge in [-0.2, -0.15) is 0 Å². The zero-order chi connectivity index (χ0) is 13.2. The van der Waals surface area contributed by atoms with Crippen molar-refractivity contribution in [2.24, 2.45) is 0 Å². The number of methoxy groups -OCH3 is 1. The molecule has 0 saturated heterocycles. The van der Waals surface area contributed by atoms with Crippen molar-refractivity contribution in [1.82, 2.24) is 0 Å². The molecule has 0 fully saturated rings. The fourth-order valence-electron chi connectivity index (χ4n) is 1.30. The molecule has 3 heteroatoms. The maximum atomic E-state index is 11.2. The normalized spacial score (nSPS) is 12.1. The van der Waals surface area contributed by atoms with Gasteiger partial charge in [-0.3, -0.25) is 0 Å². The third kappa shape index (κ3) is 5.31. The maximum absolute atomic E-state index is 11.2. The molecule has 0 atom stereocenters. The first-order chi connectivity index (χ1) is 8.77. The van der Waals surface area contributed by atoms with E-state index in [0.29, 0.717) is 25.2 Å². The predicted molar refractivity (Wildman–Crippen MR) is 66.5 cm³/mol. The lowest BCUT2D eigenvalue weighted by atomic mass is 10.2. The van der Waals surface area contributed by atoms with Crippen molar-refractivity contribution in [1.29, 1.82) is 0 Å². The molecule has 0 aromatic heterocycles. The van der Waals surface area contributed by atoms with Crippen LogP contribution in [0.2, 0.25) is 0 Å². The van der Waals surface area contributed by atoms with Gasteiger partial charge >= 0.3 is 5.97 Å². The fourth-order valence-corrected chi connectivity index (χ4v) is 1.30. The molecule has 0 aliphatic heterocycles. The van der Waals surface area contributed by atoms with E-state index in [9.17, 15) is 4.79 Å². The van der Waals surface area contributed by atoms with Crippen LogP contribution >= 0.6 is 0 Å². The van der Waals surface area contributed by atoms with E-state index in [4.69, 9.17) is 6.11 Å². The zero-order valence-electron chi connectivity index (χ0n) is 11.0. The largest absolute Gasteiger partial charge is 0.466 e. The summed E-state index contributed by atoms with van der Waals surface area (Å²) >= 11 is 0. The first-order valence-electron chi connectivity index (χ1n) is 6.17. The Morgan fingerprint density at radius 1 is 1.41 bits per heavy atom. The summed E-state index contributed by atoms with van der Waals surface area (Å²) in [6.07, 6.45) is 2.31. The number of carbonyl (C=O) groups is 1. The Balaban J connectivity index is 2.25. The molecule has 0 spiro atoms. The Hall–Kier alpha value is -1.61. The topological polar surface area (TPSA) is 35.5 Å².